The van der Waals surface area contributed by atoms with Gasteiger partial charge < -0.3 is 23.9 Å². The lowest BCUT2D eigenvalue weighted by atomic mass is 10.3. The van der Waals surface area contributed by atoms with E-state index >= 15 is 0 Å². The minimum absolute atomic E-state index is 0.0742. The minimum Gasteiger partial charge on any atom is -0.466 e. The van der Waals surface area contributed by atoms with Crippen LogP contribution in [0.15, 0.2) is 28.9 Å². The number of hydrogen-bond acceptors (Lipinski definition) is 6. The van der Waals surface area contributed by atoms with Crippen molar-refractivity contribution in [2.24, 2.45) is 0 Å². The van der Waals surface area contributed by atoms with E-state index in [-0.39, 0.29) is 44.7 Å². The summed E-state index contributed by atoms with van der Waals surface area (Å²) < 4.78 is 15.1. The highest BCUT2D eigenvalue weighted by molar-refractivity contribution is 5.91. The predicted molar refractivity (Wildman–Crippen MR) is 83.5 cm³/mol. The zero-order valence-electron chi connectivity index (χ0n) is 13.3. The Kier molecular flexibility index (Phi) is 9.42. The zero-order chi connectivity index (χ0) is 16.9. The molecule has 0 spiro atoms. The number of ether oxygens (including phenoxy) is 2. The molecular weight excluding hydrogens is 302 g/mol. The number of aliphatic hydroxyl groups excluding tert-OH is 1. The molecule has 0 saturated carbocycles. The molecular formula is C16H23NO6. The highest BCUT2D eigenvalue weighted by atomic mass is 16.5. The van der Waals surface area contributed by atoms with E-state index in [4.69, 9.17) is 19.0 Å². The van der Waals surface area contributed by atoms with Gasteiger partial charge in [0.15, 0.2) is 0 Å². The van der Waals surface area contributed by atoms with Crippen molar-refractivity contribution in [2.75, 3.05) is 39.5 Å². The van der Waals surface area contributed by atoms with Crippen molar-refractivity contribution >= 4 is 18.0 Å². The molecule has 23 heavy (non-hydrogen) atoms. The molecule has 1 amide bonds. The van der Waals surface area contributed by atoms with Crippen molar-refractivity contribution in [3.8, 4) is 0 Å². The average molecular weight is 325 g/mol. The minimum atomic E-state index is -0.350. The molecule has 128 valence electrons. The average Bonchev–Trinajstić information content (AvgIpc) is 3.05. The number of carbonyl (C=O) groups excluding carboxylic acids is 2. The molecule has 0 unspecified atom stereocenters. The Bertz CT molecular complexity index is 483. The van der Waals surface area contributed by atoms with Gasteiger partial charge in [-0.25, -0.2) is 0 Å². The first kappa shape index (κ1) is 18.9. The van der Waals surface area contributed by atoms with E-state index in [0.717, 1.165) is 0 Å². The van der Waals surface area contributed by atoms with E-state index in [1.165, 1.54) is 17.2 Å². The van der Waals surface area contributed by atoms with E-state index < -0.39 is 0 Å². The summed E-state index contributed by atoms with van der Waals surface area (Å²) in [4.78, 5) is 25.1. The lowest BCUT2D eigenvalue weighted by Crippen LogP contribution is -2.35. The number of amides is 1. The second-order valence-corrected chi connectivity index (χ2v) is 4.57. The quantitative estimate of drug-likeness (QED) is 0.372. The normalized spacial score (nSPS) is 10.9. The standard InChI is InChI=1S/C16H23NO6/c1-2-22-16(20)7-8-17(9-12-21-13-10-18)15(19)6-5-14-4-3-11-23-14/h3-6,11,18H,2,7-10,12-13H2,1H3/b6-5+. The fraction of sp³-hybridized carbons (Fsp3) is 0.500. The molecule has 1 heterocycles. The van der Waals surface area contributed by atoms with Crippen LogP contribution in [-0.4, -0.2) is 61.4 Å². The van der Waals surface area contributed by atoms with Crippen LogP contribution in [0.4, 0.5) is 0 Å². The lowest BCUT2D eigenvalue weighted by Gasteiger charge is -2.20. The van der Waals surface area contributed by atoms with Crippen LogP contribution in [0.25, 0.3) is 6.08 Å². The van der Waals surface area contributed by atoms with Crippen LogP contribution in [0.1, 0.15) is 19.1 Å². The molecule has 1 aromatic heterocycles. The van der Waals surface area contributed by atoms with E-state index in [1.807, 2.05) is 0 Å². The molecule has 0 bridgehead atoms. The largest absolute Gasteiger partial charge is 0.466 e. The number of carbonyl (C=O) groups is 2. The van der Waals surface area contributed by atoms with Gasteiger partial charge in [-0.3, -0.25) is 9.59 Å². The van der Waals surface area contributed by atoms with Crippen molar-refractivity contribution in [1.29, 1.82) is 0 Å². The van der Waals surface area contributed by atoms with Crippen molar-refractivity contribution in [2.45, 2.75) is 13.3 Å². The van der Waals surface area contributed by atoms with Gasteiger partial charge in [-0.05, 0) is 25.1 Å². The maximum atomic E-state index is 12.2. The molecule has 1 aromatic rings. The lowest BCUT2D eigenvalue weighted by molar-refractivity contribution is -0.143. The molecule has 0 radical (unpaired) electrons. The highest BCUT2D eigenvalue weighted by Gasteiger charge is 2.13. The summed E-state index contributed by atoms with van der Waals surface area (Å²) in [6.45, 7) is 3.02. The number of hydrogen-bond donors (Lipinski definition) is 1. The molecule has 1 rings (SSSR count). The second-order valence-electron chi connectivity index (χ2n) is 4.57. The first-order chi connectivity index (χ1) is 11.2. The topological polar surface area (TPSA) is 89.2 Å². The van der Waals surface area contributed by atoms with Gasteiger partial charge in [0.2, 0.25) is 5.91 Å². The Balaban J connectivity index is 2.53. The van der Waals surface area contributed by atoms with Gasteiger partial charge in [-0.1, -0.05) is 0 Å². The second kappa shape index (κ2) is 11.4. The molecule has 0 atom stereocenters. The van der Waals surface area contributed by atoms with Crippen molar-refractivity contribution in [3.63, 3.8) is 0 Å². The van der Waals surface area contributed by atoms with Crippen molar-refractivity contribution in [3.05, 3.63) is 30.2 Å². The van der Waals surface area contributed by atoms with Crippen molar-refractivity contribution in [1.82, 2.24) is 4.90 Å². The van der Waals surface area contributed by atoms with Crippen LogP contribution in [0.3, 0.4) is 0 Å². The Labute approximate surface area is 135 Å². The van der Waals surface area contributed by atoms with Crippen molar-refractivity contribution < 1.29 is 28.6 Å². The summed E-state index contributed by atoms with van der Waals surface area (Å²) in [5.74, 6) is -0.0323. The summed E-state index contributed by atoms with van der Waals surface area (Å²) in [5, 5.41) is 8.68. The van der Waals surface area contributed by atoms with Gasteiger partial charge in [0.25, 0.3) is 0 Å². The molecule has 0 aliphatic carbocycles. The summed E-state index contributed by atoms with van der Waals surface area (Å²) >= 11 is 0. The first-order valence-corrected chi connectivity index (χ1v) is 7.52. The fourth-order valence-electron chi connectivity index (χ4n) is 1.78. The molecule has 7 heteroatoms. The van der Waals surface area contributed by atoms with E-state index in [1.54, 1.807) is 25.1 Å². The van der Waals surface area contributed by atoms with Gasteiger partial charge in [-0.15, -0.1) is 0 Å². The Morgan fingerprint density at radius 2 is 2.17 bits per heavy atom. The molecule has 0 aromatic carbocycles. The van der Waals surface area contributed by atoms with E-state index in [0.29, 0.717) is 18.9 Å². The number of aliphatic hydroxyl groups is 1. The van der Waals surface area contributed by atoms with Crippen LogP contribution in [-0.2, 0) is 19.1 Å². The first-order valence-electron chi connectivity index (χ1n) is 7.52. The van der Waals surface area contributed by atoms with Crippen LogP contribution in [0.2, 0.25) is 0 Å². The number of nitrogens with zero attached hydrogens (tertiary/aromatic N) is 1. The summed E-state index contributed by atoms with van der Waals surface area (Å²) in [7, 11) is 0. The number of rotatable bonds is 11. The number of esters is 1. The molecule has 1 N–H and O–H groups in total. The Hall–Kier alpha value is -2.12. The van der Waals surface area contributed by atoms with E-state index in [2.05, 4.69) is 0 Å². The van der Waals surface area contributed by atoms with Gasteiger partial charge in [0, 0.05) is 19.2 Å². The highest BCUT2D eigenvalue weighted by Crippen LogP contribution is 2.04. The molecule has 0 saturated heterocycles. The third-order valence-electron chi connectivity index (χ3n) is 2.88. The zero-order valence-corrected chi connectivity index (χ0v) is 13.3. The fourth-order valence-corrected chi connectivity index (χ4v) is 1.78. The number of furan rings is 1. The Morgan fingerprint density at radius 3 is 2.83 bits per heavy atom. The SMILES string of the molecule is CCOC(=O)CCN(CCOCCO)C(=O)/C=C/c1ccco1. The Morgan fingerprint density at radius 1 is 1.35 bits per heavy atom. The van der Waals surface area contributed by atoms with E-state index in [9.17, 15) is 9.59 Å². The van der Waals surface area contributed by atoms with Gasteiger partial charge in [-0.2, -0.15) is 0 Å². The molecule has 0 aliphatic rings. The van der Waals surface area contributed by atoms with Crippen LogP contribution < -0.4 is 0 Å². The van der Waals surface area contributed by atoms with Crippen LogP contribution in [0.5, 0.6) is 0 Å². The molecule has 0 aliphatic heterocycles. The molecule has 7 nitrogen and oxygen atoms in total. The smallest absolute Gasteiger partial charge is 0.307 e. The summed E-state index contributed by atoms with van der Waals surface area (Å²) in [5.41, 5.74) is 0. The maximum Gasteiger partial charge on any atom is 0.307 e. The third-order valence-corrected chi connectivity index (χ3v) is 2.88. The maximum absolute atomic E-state index is 12.2. The van der Waals surface area contributed by atoms with Gasteiger partial charge >= 0.3 is 5.97 Å². The van der Waals surface area contributed by atoms with Crippen LogP contribution >= 0.6 is 0 Å². The van der Waals surface area contributed by atoms with Gasteiger partial charge in [0.05, 0.1) is 39.1 Å². The predicted octanol–water partition coefficient (Wildman–Crippen LogP) is 1.08. The third kappa shape index (κ3) is 8.18. The van der Waals surface area contributed by atoms with Crippen LogP contribution in [0, 0.1) is 0 Å². The summed E-state index contributed by atoms with van der Waals surface area (Å²) in [6.07, 6.45) is 4.59. The summed E-state index contributed by atoms with van der Waals surface area (Å²) in [6, 6.07) is 3.46. The molecule has 0 fully saturated rings. The monoisotopic (exact) mass is 325 g/mol. The van der Waals surface area contributed by atoms with Gasteiger partial charge in [0.1, 0.15) is 5.76 Å².